The van der Waals surface area contributed by atoms with E-state index in [1.807, 2.05) is 6.07 Å². The minimum atomic E-state index is -3.60. The predicted molar refractivity (Wildman–Crippen MR) is 99.0 cm³/mol. The molecule has 1 aromatic carbocycles. The van der Waals surface area contributed by atoms with Crippen LogP contribution < -0.4 is 14.9 Å². The first-order chi connectivity index (χ1) is 12.5. The maximum absolute atomic E-state index is 13.6. The maximum Gasteiger partial charge on any atom is 0.215 e. The van der Waals surface area contributed by atoms with Crippen LogP contribution in [0.2, 0.25) is 0 Å². The minimum absolute atomic E-state index is 0.152. The van der Waals surface area contributed by atoms with Crippen LogP contribution >= 0.6 is 0 Å². The first-order valence-corrected chi connectivity index (χ1v) is 10.2. The van der Waals surface area contributed by atoms with Crippen molar-refractivity contribution in [3.8, 4) is 0 Å². The third-order valence-electron chi connectivity index (χ3n) is 4.14. The molecule has 0 atom stereocenters. The van der Waals surface area contributed by atoms with Crippen molar-refractivity contribution >= 4 is 21.7 Å². The summed E-state index contributed by atoms with van der Waals surface area (Å²) in [4.78, 5) is 10.6. The van der Waals surface area contributed by atoms with Crippen LogP contribution in [0.4, 0.5) is 16.0 Å². The maximum atomic E-state index is 13.6. The Kier molecular flexibility index (Phi) is 6.00. The number of benzene rings is 1. The van der Waals surface area contributed by atoms with E-state index in [2.05, 4.69) is 24.9 Å². The molecule has 0 saturated carbocycles. The Morgan fingerprint density at radius 2 is 1.88 bits per heavy atom. The van der Waals surface area contributed by atoms with E-state index in [4.69, 9.17) is 0 Å². The summed E-state index contributed by atoms with van der Waals surface area (Å²) >= 11 is 0. The Morgan fingerprint density at radius 3 is 2.65 bits per heavy atom. The van der Waals surface area contributed by atoms with Gasteiger partial charge in [0, 0.05) is 37.8 Å². The quantitative estimate of drug-likeness (QED) is 0.680. The Labute approximate surface area is 152 Å². The molecule has 0 unspecified atom stereocenters. The Morgan fingerprint density at radius 1 is 1.12 bits per heavy atom. The highest BCUT2D eigenvalue weighted by Crippen LogP contribution is 2.19. The van der Waals surface area contributed by atoms with Gasteiger partial charge >= 0.3 is 0 Å². The number of sulfonamides is 1. The van der Waals surface area contributed by atoms with Crippen molar-refractivity contribution in [3.05, 3.63) is 48.0 Å². The SMILES string of the molecule is O=S(=O)(Cc1ccccc1F)NCCNc1cc(N2CCCC2)ncn1. The number of nitrogens with one attached hydrogen (secondary N) is 2. The van der Waals surface area contributed by atoms with Gasteiger partial charge in [0.25, 0.3) is 0 Å². The Hall–Kier alpha value is -2.26. The van der Waals surface area contributed by atoms with Gasteiger partial charge in [-0.25, -0.2) is 27.5 Å². The zero-order chi connectivity index (χ0) is 18.4. The fourth-order valence-electron chi connectivity index (χ4n) is 2.83. The van der Waals surface area contributed by atoms with Crippen molar-refractivity contribution < 1.29 is 12.8 Å². The van der Waals surface area contributed by atoms with Gasteiger partial charge in [0.15, 0.2) is 0 Å². The lowest BCUT2D eigenvalue weighted by atomic mass is 10.2. The summed E-state index contributed by atoms with van der Waals surface area (Å²) in [6.45, 7) is 2.53. The molecule has 2 aromatic rings. The zero-order valence-corrected chi connectivity index (χ0v) is 15.2. The molecule has 0 bridgehead atoms. The van der Waals surface area contributed by atoms with E-state index in [1.54, 1.807) is 6.07 Å². The summed E-state index contributed by atoms with van der Waals surface area (Å²) in [7, 11) is -3.60. The molecule has 1 aliphatic heterocycles. The van der Waals surface area contributed by atoms with Crippen molar-refractivity contribution in [1.29, 1.82) is 0 Å². The molecule has 2 N–H and O–H groups in total. The number of rotatable bonds is 8. The number of anilines is 2. The van der Waals surface area contributed by atoms with Crippen molar-refractivity contribution in [3.63, 3.8) is 0 Å². The molecule has 0 aliphatic carbocycles. The molecule has 0 radical (unpaired) electrons. The largest absolute Gasteiger partial charge is 0.369 e. The van der Waals surface area contributed by atoms with Crippen LogP contribution in [0.25, 0.3) is 0 Å². The van der Waals surface area contributed by atoms with Gasteiger partial charge < -0.3 is 10.2 Å². The van der Waals surface area contributed by atoms with Gasteiger partial charge in [-0.05, 0) is 18.9 Å². The molecule has 1 aromatic heterocycles. The summed E-state index contributed by atoms with van der Waals surface area (Å²) in [5.74, 6) is 0.619. The normalized spacial score (nSPS) is 14.6. The fraction of sp³-hybridized carbons (Fsp3) is 0.412. The second-order valence-electron chi connectivity index (χ2n) is 6.13. The van der Waals surface area contributed by atoms with E-state index < -0.39 is 15.8 Å². The van der Waals surface area contributed by atoms with Crippen LogP contribution in [0.5, 0.6) is 0 Å². The van der Waals surface area contributed by atoms with Gasteiger partial charge in [0.2, 0.25) is 10.0 Å². The third kappa shape index (κ3) is 5.12. The molecule has 1 aliphatic rings. The van der Waals surface area contributed by atoms with E-state index >= 15 is 0 Å². The molecule has 0 amide bonds. The number of aromatic nitrogens is 2. The van der Waals surface area contributed by atoms with Gasteiger partial charge in [0.1, 0.15) is 23.8 Å². The van der Waals surface area contributed by atoms with Crippen molar-refractivity contribution in [2.24, 2.45) is 0 Å². The van der Waals surface area contributed by atoms with Crippen molar-refractivity contribution in [2.75, 3.05) is 36.4 Å². The molecule has 9 heteroatoms. The monoisotopic (exact) mass is 379 g/mol. The highest BCUT2D eigenvalue weighted by Gasteiger charge is 2.15. The molecule has 2 heterocycles. The lowest BCUT2D eigenvalue weighted by Gasteiger charge is -2.16. The first-order valence-electron chi connectivity index (χ1n) is 8.55. The molecule has 1 saturated heterocycles. The zero-order valence-electron chi connectivity index (χ0n) is 14.4. The molecule has 7 nitrogen and oxygen atoms in total. The van der Waals surface area contributed by atoms with Gasteiger partial charge in [-0.2, -0.15) is 0 Å². The average Bonchev–Trinajstić information content (AvgIpc) is 3.16. The standard InChI is InChI=1S/C17H22FN5O2S/c18-15-6-2-1-5-14(15)12-26(24,25)22-8-7-19-16-11-17(21-13-20-16)23-9-3-4-10-23/h1-2,5-6,11,13,22H,3-4,7-10,12H2,(H,19,20,21). The molecular weight excluding hydrogens is 357 g/mol. The Balaban J connectivity index is 1.47. The number of hydrogen-bond donors (Lipinski definition) is 2. The van der Waals surface area contributed by atoms with Crippen LogP contribution in [0.1, 0.15) is 18.4 Å². The number of nitrogens with zero attached hydrogens (tertiary/aromatic N) is 3. The summed E-state index contributed by atoms with van der Waals surface area (Å²) in [5.41, 5.74) is 0.152. The van der Waals surface area contributed by atoms with Gasteiger partial charge in [-0.15, -0.1) is 0 Å². The van der Waals surface area contributed by atoms with Crippen LogP contribution in [-0.4, -0.2) is 44.6 Å². The van der Waals surface area contributed by atoms with E-state index in [0.29, 0.717) is 12.4 Å². The van der Waals surface area contributed by atoms with E-state index in [0.717, 1.165) is 31.7 Å². The fourth-order valence-corrected chi connectivity index (χ4v) is 3.99. The van der Waals surface area contributed by atoms with Crippen LogP contribution in [0.3, 0.4) is 0 Å². The third-order valence-corrected chi connectivity index (χ3v) is 5.47. The lowest BCUT2D eigenvalue weighted by molar-refractivity contribution is 0.575. The van der Waals surface area contributed by atoms with Crippen molar-refractivity contribution in [1.82, 2.24) is 14.7 Å². The number of hydrogen-bond acceptors (Lipinski definition) is 6. The second kappa shape index (κ2) is 8.41. The van der Waals surface area contributed by atoms with E-state index in [-0.39, 0.29) is 17.9 Å². The lowest BCUT2D eigenvalue weighted by Crippen LogP contribution is -2.30. The van der Waals surface area contributed by atoms with E-state index in [1.165, 1.54) is 24.5 Å². The van der Waals surface area contributed by atoms with E-state index in [9.17, 15) is 12.8 Å². The summed E-state index contributed by atoms with van der Waals surface area (Å²) in [5, 5.41) is 3.08. The molecular formula is C17H22FN5O2S. The highest BCUT2D eigenvalue weighted by molar-refractivity contribution is 7.88. The van der Waals surface area contributed by atoms with Gasteiger partial charge in [-0.3, -0.25) is 0 Å². The second-order valence-corrected chi connectivity index (χ2v) is 7.93. The van der Waals surface area contributed by atoms with Gasteiger partial charge in [-0.1, -0.05) is 18.2 Å². The Bertz CT molecular complexity index is 841. The number of halogens is 1. The van der Waals surface area contributed by atoms with Gasteiger partial charge in [0.05, 0.1) is 5.75 Å². The topological polar surface area (TPSA) is 87.2 Å². The summed E-state index contributed by atoms with van der Waals surface area (Å²) < 4.78 is 40.1. The van der Waals surface area contributed by atoms with Crippen LogP contribution in [0, 0.1) is 5.82 Å². The first kappa shape index (κ1) is 18.5. The molecule has 140 valence electrons. The molecule has 26 heavy (non-hydrogen) atoms. The smallest absolute Gasteiger partial charge is 0.215 e. The molecule has 3 rings (SSSR count). The molecule has 0 spiro atoms. The predicted octanol–water partition coefficient (Wildman–Crippen LogP) is 1.75. The van der Waals surface area contributed by atoms with Crippen LogP contribution in [-0.2, 0) is 15.8 Å². The summed E-state index contributed by atoms with van der Waals surface area (Å²) in [6.07, 6.45) is 3.82. The average molecular weight is 379 g/mol. The minimum Gasteiger partial charge on any atom is -0.369 e. The summed E-state index contributed by atoms with van der Waals surface area (Å²) in [6, 6.07) is 7.72. The molecule has 1 fully saturated rings. The van der Waals surface area contributed by atoms with Crippen LogP contribution in [0.15, 0.2) is 36.7 Å². The van der Waals surface area contributed by atoms with Crippen molar-refractivity contribution in [2.45, 2.75) is 18.6 Å². The highest BCUT2D eigenvalue weighted by atomic mass is 32.2.